The molecular formula is C18H25ClO3. The molecule has 22 heavy (non-hydrogen) atoms. The van der Waals surface area contributed by atoms with E-state index in [9.17, 15) is 4.79 Å². The van der Waals surface area contributed by atoms with Gasteiger partial charge in [-0.25, -0.2) is 4.79 Å². The number of benzene rings is 1. The number of carbonyl (C=O) groups excluding carboxylic acids is 1. The molecule has 1 atom stereocenters. The first-order chi connectivity index (χ1) is 10.6. The van der Waals surface area contributed by atoms with Crippen molar-refractivity contribution in [3.8, 4) is 5.75 Å². The average Bonchev–Trinajstić information content (AvgIpc) is 2.53. The molecule has 0 saturated heterocycles. The standard InChI is InChI=1S/C18H25ClO3/c1-4-6-7-14(5-2)13-22-18(20)11-9-15-8-10-16(21-3)12-17(15)19/h8-12,14H,4-7,13H2,1-3H3/b11-9+. The normalized spacial score (nSPS) is 12.4. The maximum atomic E-state index is 11.8. The molecule has 0 heterocycles. The summed E-state index contributed by atoms with van der Waals surface area (Å²) in [4.78, 5) is 11.8. The Hall–Kier alpha value is -1.48. The van der Waals surface area contributed by atoms with Gasteiger partial charge in [0.2, 0.25) is 0 Å². The van der Waals surface area contributed by atoms with E-state index in [1.807, 2.05) is 0 Å². The van der Waals surface area contributed by atoms with E-state index in [2.05, 4.69) is 13.8 Å². The van der Waals surface area contributed by atoms with Gasteiger partial charge in [0, 0.05) is 6.08 Å². The third-order valence-corrected chi connectivity index (χ3v) is 3.94. The van der Waals surface area contributed by atoms with Crippen molar-refractivity contribution in [3.63, 3.8) is 0 Å². The Kier molecular flexibility index (Phi) is 8.68. The zero-order chi connectivity index (χ0) is 16.4. The Morgan fingerprint density at radius 1 is 1.36 bits per heavy atom. The predicted molar refractivity (Wildman–Crippen MR) is 91.3 cm³/mol. The summed E-state index contributed by atoms with van der Waals surface area (Å²) < 4.78 is 10.4. The smallest absolute Gasteiger partial charge is 0.330 e. The Morgan fingerprint density at radius 2 is 2.14 bits per heavy atom. The fraction of sp³-hybridized carbons (Fsp3) is 0.500. The number of hydrogen-bond donors (Lipinski definition) is 0. The lowest BCUT2D eigenvalue weighted by atomic mass is 10.0. The lowest BCUT2D eigenvalue weighted by Gasteiger charge is -2.13. The Balaban J connectivity index is 2.50. The molecule has 0 aromatic heterocycles. The molecule has 1 rings (SSSR count). The number of halogens is 1. The van der Waals surface area contributed by atoms with Crippen LogP contribution in [-0.4, -0.2) is 19.7 Å². The SMILES string of the molecule is CCCCC(CC)COC(=O)/C=C/c1ccc(OC)cc1Cl. The van der Waals surface area contributed by atoms with Gasteiger partial charge >= 0.3 is 5.97 Å². The number of unbranched alkanes of at least 4 members (excludes halogenated alkanes) is 1. The number of rotatable bonds is 9. The highest BCUT2D eigenvalue weighted by atomic mass is 35.5. The van der Waals surface area contributed by atoms with Gasteiger partial charge in [-0.15, -0.1) is 0 Å². The molecule has 0 amide bonds. The number of esters is 1. The van der Waals surface area contributed by atoms with Crippen LogP contribution < -0.4 is 4.74 Å². The van der Waals surface area contributed by atoms with Gasteiger partial charge in [-0.1, -0.05) is 44.7 Å². The first kappa shape index (κ1) is 18.6. The molecule has 0 spiro atoms. The van der Waals surface area contributed by atoms with Crippen LogP contribution >= 0.6 is 11.6 Å². The van der Waals surface area contributed by atoms with E-state index in [-0.39, 0.29) is 5.97 Å². The summed E-state index contributed by atoms with van der Waals surface area (Å²) in [6, 6.07) is 5.32. The average molecular weight is 325 g/mol. The highest BCUT2D eigenvalue weighted by Crippen LogP contribution is 2.23. The monoisotopic (exact) mass is 324 g/mol. The number of methoxy groups -OCH3 is 1. The highest BCUT2D eigenvalue weighted by Gasteiger charge is 2.08. The minimum atomic E-state index is -0.332. The maximum absolute atomic E-state index is 11.8. The van der Waals surface area contributed by atoms with Crippen LogP contribution in [0.15, 0.2) is 24.3 Å². The van der Waals surface area contributed by atoms with E-state index in [1.165, 1.54) is 18.9 Å². The van der Waals surface area contributed by atoms with Crippen molar-refractivity contribution < 1.29 is 14.3 Å². The molecule has 0 bridgehead atoms. The van der Waals surface area contributed by atoms with E-state index in [4.69, 9.17) is 21.1 Å². The van der Waals surface area contributed by atoms with Gasteiger partial charge in [0.05, 0.1) is 18.7 Å². The number of ether oxygens (including phenoxy) is 2. The Bertz CT molecular complexity index is 497. The van der Waals surface area contributed by atoms with Crippen molar-refractivity contribution in [3.05, 3.63) is 34.9 Å². The Labute approximate surface area is 138 Å². The molecule has 0 fully saturated rings. The molecule has 0 aliphatic carbocycles. The van der Waals surface area contributed by atoms with Gasteiger partial charge < -0.3 is 9.47 Å². The third kappa shape index (κ3) is 6.52. The van der Waals surface area contributed by atoms with E-state index in [0.29, 0.717) is 23.3 Å². The molecular weight excluding hydrogens is 300 g/mol. The molecule has 1 aromatic rings. The second-order valence-corrected chi connectivity index (χ2v) is 5.67. The molecule has 0 aliphatic rings. The zero-order valence-corrected chi connectivity index (χ0v) is 14.4. The van der Waals surface area contributed by atoms with Crippen LogP contribution in [0.5, 0.6) is 5.75 Å². The molecule has 4 heteroatoms. The second-order valence-electron chi connectivity index (χ2n) is 5.27. The van der Waals surface area contributed by atoms with E-state index in [1.54, 1.807) is 31.4 Å². The van der Waals surface area contributed by atoms with Crippen molar-refractivity contribution in [1.82, 2.24) is 0 Å². The van der Waals surface area contributed by atoms with Crippen LogP contribution in [-0.2, 0) is 9.53 Å². The summed E-state index contributed by atoms with van der Waals surface area (Å²) in [7, 11) is 1.58. The van der Waals surface area contributed by atoms with Gasteiger partial charge in [-0.05, 0) is 42.2 Å². The van der Waals surface area contributed by atoms with Crippen molar-refractivity contribution in [2.75, 3.05) is 13.7 Å². The summed E-state index contributed by atoms with van der Waals surface area (Å²) >= 11 is 6.12. The molecule has 1 aromatic carbocycles. The Morgan fingerprint density at radius 3 is 2.73 bits per heavy atom. The van der Waals surface area contributed by atoms with Crippen LogP contribution in [0.3, 0.4) is 0 Å². The highest BCUT2D eigenvalue weighted by molar-refractivity contribution is 6.32. The summed E-state index contributed by atoms with van der Waals surface area (Å²) in [6.45, 7) is 4.78. The van der Waals surface area contributed by atoms with Gasteiger partial charge in [-0.2, -0.15) is 0 Å². The molecule has 122 valence electrons. The van der Waals surface area contributed by atoms with Gasteiger partial charge in [0.1, 0.15) is 5.75 Å². The van der Waals surface area contributed by atoms with Crippen LogP contribution in [0.4, 0.5) is 0 Å². The van der Waals surface area contributed by atoms with Gasteiger partial charge in [-0.3, -0.25) is 0 Å². The van der Waals surface area contributed by atoms with Crippen LogP contribution in [0.2, 0.25) is 5.02 Å². The first-order valence-electron chi connectivity index (χ1n) is 7.79. The minimum absolute atomic E-state index is 0.332. The largest absolute Gasteiger partial charge is 0.497 e. The third-order valence-electron chi connectivity index (χ3n) is 3.61. The van der Waals surface area contributed by atoms with Crippen molar-refractivity contribution >= 4 is 23.6 Å². The topological polar surface area (TPSA) is 35.5 Å². The van der Waals surface area contributed by atoms with E-state index < -0.39 is 0 Å². The van der Waals surface area contributed by atoms with Crippen molar-refractivity contribution in [2.24, 2.45) is 5.92 Å². The zero-order valence-electron chi connectivity index (χ0n) is 13.6. The van der Waals surface area contributed by atoms with Crippen LogP contribution in [0.25, 0.3) is 6.08 Å². The summed E-state index contributed by atoms with van der Waals surface area (Å²) in [5.74, 6) is 0.801. The summed E-state index contributed by atoms with van der Waals surface area (Å²) in [6.07, 6.45) is 7.56. The second kappa shape index (κ2) is 10.3. The summed E-state index contributed by atoms with van der Waals surface area (Å²) in [5, 5.41) is 0.540. The van der Waals surface area contributed by atoms with Crippen LogP contribution in [0.1, 0.15) is 45.1 Å². The van der Waals surface area contributed by atoms with Crippen molar-refractivity contribution in [2.45, 2.75) is 39.5 Å². The molecule has 3 nitrogen and oxygen atoms in total. The molecule has 0 aliphatic heterocycles. The quantitative estimate of drug-likeness (QED) is 0.467. The van der Waals surface area contributed by atoms with Gasteiger partial charge in [0.25, 0.3) is 0 Å². The summed E-state index contributed by atoms with van der Waals surface area (Å²) in [5.41, 5.74) is 0.762. The van der Waals surface area contributed by atoms with E-state index in [0.717, 1.165) is 18.4 Å². The molecule has 0 radical (unpaired) electrons. The lowest BCUT2D eigenvalue weighted by molar-refractivity contribution is -0.139. The van der Waals surface area contributed by atoms with Crippen molar-refractivity contribution in [1.29, 1.82) is 0 Å². The maximum Gasteiger partial charge on any atom is 0.330 e. The molecule has 0 N–H and O–H groups in total. The number of hydrogen-bond acceptors (Lipinski definition) is 3. The van der Waals surface area contributed by atoms with E-state index >= 15 is 0 Å². The minimum Gasteiger partial charge on any atom is -0.497 e. The fourth-order valence-corrected chi connectivity index (χ4v) is 2.31. The molecule has 0 saturated carbocycles. The first-order valence-corrected chi connectivity index (χ1v) is 8.16. The lowest BCUT2D eigenvalue weighted by Crippen LogP contribution is -2.12. The fourth-order valence-electron chi connectivity index (χ4n) is 2.07. The van der Waals surface area contributed by atoms with Gasteiger partial charge in [0.15, 0.2) is 0 Å². The van der Waals surface area contributed by atoms with Crippen LogP contribution in [0, 0.1) is 5.92 Å². The predicted octanol–water partition coefficient (Wildman–Crippen LogP) is 5.12. The number of carbonyl (C=O) groups is 1. The molecule has 1 unspecified atom stereocenters.